The highest BCUT2D eigenvalue weighted by Crippen LogP contribution is 2.05. The number of nitrogens with zero attached hydrogens (tertiary/aromatic N) is 5. The van der Waals surface area contributed by atoms with Crippen molar-refractivity contribution in [2.45, 2.75) is 19.0 Å². The Hall–Kier alpha value is -1.84. The molecule has 0 bridgehead atoms. The van der Waals surface area contributed by atoms with E-state index in [-0.39, 0.29) is 12.6 Å². The average molecular weight is 320 g/mol. The second kappa shape index (κ2) is 8.45. The molecule has 0 aliphatic rings. The number of ether oxygens (including phenoxy) is 1. The summed E-state index contributed by atoms with van der Waals surface area (Å²) in [7, 11) is 0. The fourth-order valence-electron chi connectivity index (χ4n) is 1.46. The van der Waals surface area contributed by atoms with Crippen LogP contribution >= 0.6 is 11.6 Å². The van der Waals surface area contributed by atoms with Crippen LogP contribution in [-0.4, -0.2) is 44.5 Å². The van der Waals surface area contributed by atoms with E-state index in [4.69, 9.17) is 32.1 Å². The van der Waals surface area contributed by atoms with Gasteiger partial charge in [-0.15, -0.1) is 11.6 Å². The molecule has 1 rings (SSSR count). The SMILES string of the molecule is [N-]=[N+]=N[C@@H](CCl)n1c(=O)ccn(COC(CO)CO)c1=O. The zero-order valence-electron chi connectivity index (χ0n) is 10.9. The zero-order valence-corrected chi connectivity index (χ0v) is 11.6. The lowest BCUT2D eigenvalue weighted by molar-refractivity contribution is -0.0517. The van der Waals surface area contributed by atoms with E-state index < -0.39 is 36.7 Å². The van der Waals surface area contributed by atoms with Crippen LogP contribution in [0.2, 0.25) is 0 Å². The Bertz CT molecular complexity index is 619. The molecule has 10 nitrogen and oxygen atoms in total. The van der Waals surface area contributed by atoms with Crippen molar-refractivity contribution in [2.24, 2.45) is 5.11 Å². The van der Waals surface area contributed by atoms with Gasteiger partial charge in [-0.1, -0.05) is 5.11 Å². The maximum absolute atomic E-state index is 12.1. The predicted octanol–water partition coefficient (Wildman–Crippen LogP) is -0.615. The third-order valence-corrected chi connectivity index (χ3v) is 2.84. The largest absolute Gasteiger partial charge is 0.394 e. The fraction of sp³-hybridized carbons (Fsp3) is 0.600. The van der Waals surface area contributed by atoms with Crippen LogP contribution in [0.4, 0.5) is 0 Å². The Labute approximate surface area is 123 Å². The van der Waals surface area contributed by atoms with E-state index in [1.54, 1.807) is 0 Å². The molecule has 0 aliphatic heterocycles. The van der Waals surface area contributed by atoms with Gasteiger partial charge in [-0.25, -0.2) is 9.36 Å². The number of aliphatic hydroxyl groups excluding tert-OH is 2. The van der Waals surface area contributed by atoms with Gasteiger partial charge in [0.2, 0.25) is 0 Å². The normalized spacial score (nSPS) is 12.2. The molecule has 0 radical (unpaired) electrons. The second-order valence-electron chi connectivity index (χ2n) is 3.90. The standard InChI is InChI=1S/C10H14ClN5O5/c11-3-8(13-14-12)16-9(19)1-2-15(10(16)20)6-21-7(4-17)5-18/h1-2,7-8,17-18H,3-6H2/t8-/m1/s1. The molecule has 0 saturated heterocycles. The van der Waals surface area contributed by atoms with Crippen molar-refractivity contribution in [3.8, 4) is 0 Å². The van der Waals surface area contributed by atoms with Gasteiger partial charge in [0.15, 0.2) is 0 Å². The summed E-state index contributed by atoms with van der Waals surface area (Å²) in [4.78, 5) is 26.4. The first-order valence-electron chi connectivity index (χ1n) is 5.84. The van der Waals surface area contributed by atoms with Gasteiger partial charge in [0.25, 0.3) is 5.56 Å². The first-order chi connectivity index (χ1) is 10.1. The molecule has 1 aromatic rings. The number of rotatable bonds is 8. The van der Waals surface area contributed by atoms with E-state index >= 15 is 0 Å². The van der Waals surface area contributed by atoms with Gasteiger partial charge in [-0.2, -0.15) is 0 Å². The monoisotopic (exact) mass is 319 g/mol. The Morgan fingerprint density at radius 2 is 2.10 bits per heavy atom. The number of azide groups is 1. The molecule has 2 N–H and O–H groups in total. The summed E-state index contributed by atoms with van der Waals surface area (Å²) in [6.45, 7) is -1.14. The highest BCUT2D eigenvalue weighted by atomic mass is 35.5. The summed E-state index contributed by atoms with van der Waals surface area (Å²) in [5.41, 5.74) is 6.96. The van der Waals surface area contributed by atoms with E-state index in [2.05, 4.69) is 10.0 Å². The number of hydrogen-bond donors (Lipinski definition) is 2. The highest BCUT2D eigenvalue weighted by Gasteiger charge is 2.15. The minimum absolute atomic E-state index is 0.250. The van der Waals surface area contributed by atoms with Crippen molar-refractivity contribution < 1.29 is 14.9 Å². The summed E-state index contributed by atoms with van der Waals surface area (Å²) >= 11 is 5.58. The van der Waals surface area contributed by atoms with Gasteiger partial charge in [0.05, 0.1) is 13.2 Å². The number of alkyl halides is 1. The lowest BCUT2D eigenvalue weighted by atomic mass is 10.4. The topological polar surface area (TPSA) is 142 Å². The minimum Gasteiger partial charge on any atom is -0.394 e. The molecule has 1 heterocycles. The van der Waals surface area contributed by atoms with Gasteiger partial charge < -0.3 is 14.9 Å². The van der Waals surface area contributed by atoms with Crippen LogP contribution in [0.25, 0.3) is 10.4 Å². The lowest BCUT2D eigenvalue weighted by Gasteiger charge is -2.16. The first kappa shape index (κ1) is 17.2. The average Bonchev–Trinajstić information content (AvgIpc) is 2.49. The third-order valence-electron chi connectivity index (χ3n) is 2.56. The number of hydrogen-bond acceptors (Lipinski definition) is 6. The van der Waals surface area contributed by atoms with Gasteiger partial charge in [0.1, 0.15) is 19.0 Å². The molecule has 0 aromatic carbocycles. The number of aromatic nitrogens is 2. The van der Waals surface area contributed by atoms with Crippen LogP contribution in [0.3, 0.4) is 0 Å². The molecule has 0 amide bonds. The quantitative estimate of drug-likeness (QED) is 0.284. The van der Waals surface area contributed by atoms with Crippen LogP contribution in [0.5, 0.6) is 0 Å². The Balaban J connectivity index is 3.12. The summed E-state index contributed by atoms with van der Waals surface area (Å²) in [5.74, 6) is -0.250. The van der Waals surface area contributed by atoms with Crippen LogP contribution in [0.1, 0.15) is 6.17 Å². The zero-order chi connectivity index (χ0) is 15.8. The van der Waals surface area contributed by atoms with Crippen molar-refractivity contribution in [3.63, 3.8) is 0 Å². The Morgan fingerprint density at radius 3 is 2.62 bits per heavy atom. The lowest BCUT2D eigenvalue weighted by Crippen LogP contribution is -2.42. The first-order valence-corrected chi connectivity index (χ1v) is 6.38. The van der Waals surface area contributed by atoms with E-state index in [0.29, 0.717) is 4.57 Å². The molecule has 0 unspecified atom stereocenters. The van der Waals surface area contributed by atoms with E-state index in [1.165, 1.54) is 6.20 Å². The van der Waals surface area contributed by atoms with Crippen molar-refractivity contribution in [3.05, 3.63) is 43.5 Å². The van der Waals surface area contributed by atoms with Crippen LogP contribution in [0.15, 0.2) is 27.0 Å². The van der Waals surface area contributed by atoms with E-state index in [1.807, 2.05) is 0 Å². The van der Waals surface area contributed by atoms with Crippen LogP contribution in [-0.2, 0) is 11.5 Å². The molecular formula is C10H14ClN5O5. The molecule has 0 saturated carbocycles. The molecule has 1 atom stereocenters. The molecule has 11 heteroatoms. The minimum atomic E-state index is -1.16. The smallest absolute Gasteiger partial charge is 0.333 e. The molecular weight excluding hydrogens is 306 g/mol. The second-order valence-corrected chi connectivity index (χ2v) is 4.21. The van der Waals surface area contributed by atoms with Gasteiger partial charge in [-0.05, 0) is 5.53 Å². The maximum Gasteiger partial charge on any atom is 0.333 e. The summed E-state index contributed by atoms with van der Waals surface area (Å²) in [6, 6.07) is 1.09. The van der Waals surface area contributed by atoms with E-state index in [9.17, 15) is 9.59 Å². The van der Waals surface area contributed by atoms with Crippen LogP contribution < -0.4 is 11.2 Å². The summed E-state index contributed by atoms with van der Waals surface area (Å²) < 4.78 is 6.80. The van der Waals surface area contributed by atoms with Crippen molar-refractivity contribution in [1.82, 2.24) is 9.13 Å². The van der Waals surface area contributed by atoms with Gasteiger partial charge >= 0.3 is 5.69 Å². The van der Waals surface area contributed by atoms with Crippen molar-refractivity contribution in [2.75, 3.05) is 19.1 Å². The van der Waals surface area contributed by atoms with Crippen LogP contribution in [0, 0.1) is 0 Å². The van der Waals surface area contributed by atoms with Crippen molar-refractivity contribution >= 4 is 11.6 Å². The molecule has 21 heavy (non-hydrogen) atoms. The maximum atomic E-state index is 12.1. The Kier molecular flexibility index (Phi) is 6.92. The Morgan fingerprint density at radius 1 is 1.43 bits per heavy atom. The summed E-state index contributed by atoms with van der Waals surface area (Å²) in [5, 5.41) is 21.0. The summed E-state index contributed by atoms with van der Waals surface area (Å²) in [6.07, 6.45) is -0.817. The van der Waals surface area contributed by atoms with E-state index in [0.717, 1.165) is 10.6 Å². The number of aliphatic hydroxyl groups is 2. The number of halogens is 1. The molecule has 0 fully saturated rings. The fourth-order valence-corrected chi connectivity index (χ4v) is 1.66. The third kappa shape index (κ3) is 4.31. The van der Waals surface area contributed by atoms with Crippen molar-refractivity contribution in [1.29, 1.82) is 0 Å². The molecule has 0 aliphatic carbocycles. The predicted molar refractivity (Wildman–Crippen MR) is 72.9 cm³/mol. The van der Waals surface area contributed by atoms with Gasteiger partial charge in [0, 0.05) is 23.1 Å². The van der Waals surface area contributed by atoms with Gasteiger partial charge in [-0.3, -0.25) is 9.36 Å². The molecule has 0 spiro atoms. The molecule has 1 aromatic heterocycles. The highest BCUT2D eigenvalue weighted by molar-refractivity contribution is 6.18. The molecule has 116 valence electrons.